The minimum Gasteiger partial charge on any atom is -0.324 e. The Kier molecular flexibility index (Phi) is 3.84. The number of benzene rings is 1. The summed E-state index contributed by atoms with van der Waals surface area (Å²) in [7, 11) is 0. The highest BCUT2D eigenvalue weighted by Gasteiger charge is 2.16. The number of anilines is 1. The van der Waals surface area contributed by atoms with Crippen molar-refractivity contribution >= 4 is 28.9 Å². The number of nitro groups is 1. The van der Waals surface area contributed by atoms with E-state index in [1.807, 2.05) is 0 Å². The van der Waals surface area contributed by atoms with Crippen LogP contribution in [-0.2, 0) is 4.79 Å². The third kappa shape index (κ3) is 2.49. The molecule has 1 aromatic carbocycles. The van der Waals surface area contributed by atoms with Crippen molar-refractivity contribution in [1.29, 1.82) is 0 Å². The maximum absolute atomic E-state index is 11.2. The quantitative estimate of drug-likeness (QED) is 0.503. The Labute approximate surface area is 97.6 Å². The molecular weight excluding hydrogens is 232 g/mol. The number of hydrogen-bond donors (Lipinski definition) is 1. The topological polar surface area (TPSA) is 72.2 Å². The number of carbonyl (C=O) groups excluding carboxylic acids is 1. The first-order valence-electron chi connectivity index (χ1n) is 4.57. The molecule has 5 nitrogen and oxygen atoms in total. The normalized spacial score (nSPS) is 9.94. The van der Waals surface area contributed by atoms with Crippen molar-refractivity contribution in [2.75, 3.05) is 11.2 Å². The second-order valence-corrected chi connectivity index (χ2v) is 3.61. The fraction of sp³-hybridized carbons (Fsp3) is 0.300. The highest BCUT2D eigenvalue weighted by molar-refractivity contribution is 6.29. The van der Waals surface area contributed by atoms with E-state index < -0.39 is 4.92 Å². The Morgan fingerprint density at radius 1 is 1.50 bits per heavy atom. The first-order chi connectivity index (χ1) is 7.47. The fourth-order valence-corrected chi connectivity index (χ4v) is 1.47. The van der Waals surface area contributed by atoms with Gasteiger partial charge in [-0.05, 0) is 19.4 Å². The number of carbonyl (C=O) groups is 1. The first kappa shape index (κ1) is 12.4. The molecule has 0 spiro atoms. The van der Waals surface area contributed by atoms with Gasteiger partial charge in [0.15, 0.2) is 0 Å². The van der Waals surface area contributed by atoms with Crippen LogP contribution in [0.3, 0.4) is 0 Å². The van der Waals surface area contributed by atoms with Crippen molar-refractivity contribution in [3.05, 3.63) is 33.4 Å². The van der Waals surface area contributed by atoms with Gasteiger partial charge in [-0.1, -0.05) is 6.07 Å². The Morgan fingerprint density at radius 2 is 2.12 bits per heavy atom. The molecule has 0 saturated heterocycles. The lowest BCUT2D eigenvalue weighted by molar-refractivity contribution is -0.385. The average Bonchev–Trinajstić information content (AvgIpc) is 2.23. The molecule has 0 bridgehead atoms. The van der Waals surface area contributed by atoms with Crippen LogP contribution in [0.4, 0.5) is 11.4 Å². The van der Waals surface area contributed by atoms with Gasteiger partial charge in [0.2, 0.25) is 5.91 Å². The maximum atomic E-state index is 11.2. The SMILES string of the molecule is Cc1ccc([N+](=O)[O-])c(C)c1NC(=O)CCl. The summed E-state index contributed by atoms with van der Waals surface area (Å²) in [5.74, 6) is -0.560. The van der Waals surface area contributed by atoms with Crippen molar-refractivity contribution < 1.29 is 9.72 Å². The van der Waals surface area contributed by atoms with Crippen LogP contribution in [0.25, 0.3) is 0 Å². The summed E-state index contributed by atoms with van der Waals surface area (Å²) in [5.41, 5.74) is 1.64. The molecule has 0 heterocycles. The number of amides is 1. The van der Waals surface area contributed by atoms with Crippen LogP contribution >= 0.6 is 11.6 Å². The summed E-state index contributed by atoms with van der Waals surface area (Å²) in [6, 6.07) is 3.01. The highest BCUT2D eigenvalue weighted by Crippen LogP contribution is 2.28. The molecule has 0 aromatic heterocycles. The van der Waals surface area contributed by atoms with E-state index >= 15 is 0 Å². The van der Waals surface area contributed by atoms with Gasteiger partial charge in [-0.2, -0.15) is 0 Å². The van der Waals surface area contributed by atoms with E-state index in [2.05, 4.69) is 5.32 Å². The van der Waals surface area contributed by atoms with Gasteiger partial charge in [-0.25, -0.2) is 0 Å². The zero-order valence-electron chi connectivity index (χ0n) is 8.91. The van der Waals surface area contributed by atoms with E-state index in [9.17, 15) is 14.9 Å². The molecule has 1 rings (SSSR count). The summed E-state index contributed by atoms with van der Waals surface area (Å²) >= 11 is 5.36. The van der Waals surface area contributed by atoms with E-state index in [1.54, 1.807) is 19.9 Å². The highest BCUT2D eigenvalue weighted by atomic mass is 35.5. The van der Waals surface area contributed by atoms with Crippen LogP contribution in [0.2, 0.25) is 0 Å². The van der Waals surface area contributed by atoms with Crippen molar-refractivity contribution in [2.24, 2.45) is 0 Å². The number of aryl methyl sites for hydroxylation is 1. The summed E-state index contributed by atoms with van der Waals surface area (Å²) in [4.78, 5) is 21.4. The zero-order valence-corrected chi connectivity index (χ0v) is 9.67. The summed E-state index contributed by atoms with van der Waals surface area (Å²) < 4.78 is 0. The van der Waals surface area contributed by atoms with Gasteiger partial charge in [0.05, 0.1) is 16.2 Å². The molecule has 0 radical (unpaired) electrons. The summed E-state index contributed by atoms with van der Waals surface area (Å²) in [5, 5.41) is 13.3. The minimum atomic E-state index is -0.481. The van der Waals surface area contributed by atoms with Crippen LogP contribution in [-0.4, -0.2) is 16.7 Å². The lowest BCUT2D eigenvalue weighted by Crippen LogP contribution is -2.15. The van der Waals surface area contributed by atoms with E-state index in [4.69, 9.17) is 11.6 Å². The number of hydrogen-bond acceptors (Lipinski definition) is 3. The summed E-state index contributed by atoms with van der Waals surface area (Å²) in [6.45, 7) is 3.36. The number of nitro benzene ring substituents is 1. The van der Waals surface area contributed by atoms with Crippen LogP contribution in [0.5, 0.6) is 0 Å². The molecule has 0 aliphatic heterocycles. The third-order valence-electron chi connectivity index (χ3n) is 2.23. The van der Waals surface area contributed by atoms with Gasteiger partial charge in [0, 0.05) is 6.07 Å². The van der Waals surface area contributed by atoms with E-state index in [-0.39, 0.29) is 17.5 Å². The van der Waals surface area contributed by atoms with E-state index in [0.717, 1.165) is 5.56 Å². The van der Waals surface area contributed by atoms with Crippen molar-refractivity contribution in [3.63, 3.8) is 0 Å². The summed E-state index contributed by atoms with van der Waals surface area (Å²) in [6.07, 6.45) is 0. The zero-order chi connectivity index (χ0) is 12.3. The second-order valence-electron chi connectivity index (χ2n) is 3.34. The van der Waals surface area contributed by atoms with Crippen molar-refractivity contribution in [1.82, 2.24) is 0 Å². The molecule has 0 atom stereocenters. The largest absolute Gasteiger partial charge is 0.324 e. The molecule has 6 heteroatoms. The Morgan fingerprint density at radius 3 is 2.62 bits per heavy atom. The number of rotatable bonds is 3. The Bertz CT molecular complexity index is 446. The second kappa shape index (κ2) is 4.94. The number of halogens is 1. The van der Waals surface area contributed by atoms with Crippen LogP contribution in [0.15, 0.2) is 12.1 Å². The van der Waals surface area contributed by atoms with Gasteiger partial charge in [-0.3, -0.25) is 14.9 Å². The van der Waals surface area contributed by atoms with Gasteiger partial charge in [0.25, 0.3) is 5.69 Å². The Hall–Kier alpha value is -1.62. The lowest BCUT2D eigenvalue weighted by atomic mass is 10.1. The minimum absolute atomic E-state index is 0.0181. The van der Waals surface area contributed by atoms with Crippen LogP contribution < -0.4 is 5.32 Å². The van der Waals surface area contributed by atoms with Gasteiger partial charge in [-0.15, -0.1) is 11.6 Å². The lowest BCUT2D eigenvalue weighted by Gasteiger charge is -2.10. The molecule has 0 aliphatic carbocycles. The molecule has 0 aliphatic rings. The predicted molar refractivity (Wildman–Crippen MR) is 61.9 cm³/mol. The van der Waals surface area contributed by atoms with Gasteiger partial charge >= 0.3 is 0 Å². The Balaban J connectivity index is 3.21. The van der Waals surface area contributed by atoms with Crippen LogP contribution in [0, 0.1) is 24.0 Å². The van der Waals surface area contributed by atoms with E-state index in [0.29, 0.717) is 11.3 Å². The van der Waals surface area contributed by atoms with Gasteiger partial charge < -0.3 is 5.32 Å². The molecule has 1 aromatic rings. The van der Waals surface area contributed by atoms with Crippen LogP contribution in [0.1, 0.15) is 11.1 Å². The number of alkyl halides is 1. The average molecular weight is 243 g/mol. The maximum Gasteiger partial charge on any atom is 0.274 e. The molecule has 1 amide bonds. The molecule has 0 saturated carbocycles. The molecule has 86 valence electrons. The molecule has 0 fully saturated rings. The monoisotopic (exact) mass is 242 g/mol. The molecular formula is C10H11ClN2O3. The first-order valence-corrected chi connectivity index (χ1v) is 5.11. The van der Waals surface area contributed by atoms with Crippen molar-refractivity contribution in [3.8, 4) is 0 Å². The van der Waals surface area contributed by atoms with Crippen molar-refractivity contribution in [2.45, 2.75) is 13.8 Å². The van der Waals surface area contributed by atoms with E-state index in [1.165, 1.54) is 6.07 Å². The number of nitrogens with one attached hydrogen (secondary N) is 1. The number of nitrogens with zero attached hydrogens (tertiary/aromatic N) is 1. The fourth-order valence-electron chi connectivity index (χ4n) is 1.40. The molecule has 0 unspecified atom stereocenters. The molecule has 1 N–H and O–H groups in total. The molecule has 16 heavy (non-hydrogen) atoms. The third-order valence-corrected chi connectivity index (χ3v) is 2.47. The predicted octanol–water partition coefficient (Wildman–Crippen LogP) is 2.39. The standard InChI is InChI=1S/C10H11ClN2O3/c1-6-3-4-8(13(15)16)7(2)10(6)12-9(14)5-11/h3-4H,5H2,1-2H3,(H,12,14). The van der Waals surface area contributed by atoms with Gasteiger partial charge in [0.1, 0.15) is 5.88 Å². The smallest absolute Gasteiger partial charge is 0.274 e.